The lowest BCUT2D eigenvalue weighted by molar-refractivity contribution is -0.119. The molecule has 2 aromatic carbocycles. The summed E-state index contributed by atoms with van der Waals surface area (Å²) in [5.74, 6) is 2.35. The Labute approximate surface area is 194 Å². The Hall–Kier alpha value is -3.10. The van der Waals surface area contributed by atoms with Crippen molar-refractivity contribution in [2.75, 3.05) is 19.0 Å². The first kappa shape index (κ1) is 20.8. The first-order chi connectivity index (χ1) is 15.7. The summed E-state index contributed by atoms with van der Waals surface area (Å²) < 4.78 is 11.2. The van der Waals surface area contributed by atoms with Gasteiger partial charge in [-0.3, -0.25) is 4.79 Å². The largest absolute Gasteiger partial charge is 0.486 e. The first-order valence-electron chi connectivity index (χ1n) is 10.3. The van der Waals surface area contributed by atoms with Crippen LogP contribution in [0.1, 0.15) is 18.5 Å². The van der Waals surface area contributed by atoms with Crippen LogP contribution in [0.2, 0.25) is 0 Å². The molecule has 3 heterocycles. The van der Waals surface area contributed by atoms with Crippen LogP contribution in [-0.2, 0) is 4.79 Å². The number of para-hydroxylation sites is 1. The minimum absolute atomic E-state index is 0.0576. The quantitative estimate of drug-likeness (QED) is 0.317. The fourth-order valence-electron chi connectivity index (χ4n) is 3.50. The van der Waals surface area contributed by atoms with Crippen molar-refractivity contribution in [3.05, 3.63) is 65.5 Å². The summed E-state index contributed by atoms with van der Waals surface area (Å²) in [6.45, 7) is 3.05. The number of hydrogen-bond acceptors (Lipinski definition) is 7. The van der Waals surface area contributed by atoms with Gasteiger partial charge in [-0.05, 0) is 42.1 Å². The molecule has 0 aliphatic carbocycles. The molecule has 0 bridgehead atoms. The Morgan fingerprint density at radius 1 is 1.09 bits per heavy atom. The number of amides is 1. The third-order valence-electron chi connectivity index (χ3n) is 5.09. The van der Waals surface area contributed by atoms with Crippen molar-refractivity contribution in [2.45, 2.75) is 18.0 Å². The van der Waals surface area contributed by atoms with Crippen LogP contribution < -0.4 is 14.8 Å². The van der Waals surface area contributed by atoms with E-state index in [-0.39, 0.29) is 17.7 Å². The fourth-order valence-corrected chi connectivity index (χ4v) is 4.99. The summed E-state index contributed by atoms with van der Waals surface area (Å²) in [4.78, 5) is 23.2. The standard InChI is InChI=1S/C24H21N3O3S2/c1-15(16-8-9-19-20(13-16)30-11-10-29-19)25-22(28)14-32-24-17-5-2-3-6-18(17)26-23(27-24)21-7-4-12-31-21/h2-9,12-13,15H,10-11,14H2,1H3,(H,25,28)/t15-/m0/s1. The van der Waals surface area contributed by atoms with Crippen molar-refractivity contribution in [2.24, 2.45) is 0 Å². The zero-order valence-electron chi connectivity index (χ0n) is 17.4. The second kappa shape index (κ2) is 9.18. The van der Waals surface area contributed by atoms with E-state index in [2.05, 4.69) is 5.32 Å². The molecule has 1 atom stereocenters. The van der Waals surface area contributed by atoms with Gasteiger partial charge in [0.15, 0.2) is 17.3 Å². The van der Waals surface area contributed by atoms with Crippen LogP contribution in [0.25, 0.3) is 21.6 Å². The molecule has 32 heavy (non-hydrogen) atoms. The third kappa shape index (κ3) is 4.42. The number of hydrogen-bond donors (Lipinski definition) is 1. The van der Waals surface area contributed by atoms with Crippen molar-refractivity contribution < 1.29 is 14.3 Å². The van der Waals surface area contributed by atoms with E-state index in [4.69, 9.17) is 19.4 Å². The number of benzene rings is 2. The monoisotopic (exact) mass is 463 g/mol. The molecule has 2 aromatic heterocycles. The van der Waals surface area contributed by atoms with Gasteiger partial charge in [0.2, 0.25) is 5.91 Å². The van der Waals surface area contributed by atoms with Gasteiger partial charge < -0.3 is 14.8 Å². The molecule has 0 saturated heterocycles. The molecule has 1 N–H and O–H groups in total. The SMILES string of the molecule is C[C@H](NC(=O)CSc1nc(-c2cccs2)nc2ccccc12)c1ccc2c(c1)OCCO2. The van der Waals surface area contributed by atoms with Crippen molar-refractivity contribution >= 4 is 39.9 Å². The van der Waals surface area contributed by atoms with Gasteiger partial charge in [-0.25, -0.2) is 9.97 Å². The van der Waals surface area contributed by atoms with Gasteiger partial charge in [0.05, 0.1) is 22.2 Å². The summed E-state index contributed by atoms with van der Waals surface area (Å²) in [6.07, 6.45) is 0. The van der Waals surface area contributed by atoms with Crippen LogP contribution in [0.5, 0.6) is 11.5 Å². The number of carbonyl (C=O) groups excluding carboxylic acids is 1. The van der Waals surface area contributed by atoms with Gasteiger partial charge >= 0.3 is 0 Å². The first-order valence-corrected chi connectivity index (χ1v) is 12.2. The Kier molecular flexibility index (Phi) is 5.96. The Balaban J connectivity index is 1.29. The Bertz CT molecular complexity index is 1260. The van der Waals surface area contributed by atoms with E-state index in [1.165, 1.54) is 11.8 Å². The maximum absolute atomic E-state index is 12.7. The highest BCUT2D eigenvalue weighted by atomic mass is 32.2. The lowest BCUT2D eigenvalue weighted by Gasteiger charge is -2.21. The predicted molar refractivity (Wildman–Crippen MR) is 128 cm³/mol. The molecule has 5 rings (SSSR count). The van der Waals surface area contributed by atoms with Crippen LogP contribution in [0, 0.1) is 0 Å². The minimum atomic E-state index is -0.150. The Morgan fingerprint density at radius 3 is 2.78 bits per heavy atom. The predicted octanol–water partition coefficient (Wildman–Crippen LogP) is 5.10. The van der Waals surface area contributed by atoms with Gasteiger partial charge in [-0.15, -0.1) is 11.3 Å². The van der Waals surface area contributed by atoms with Crippen LogP contribution >= 0.6 is 23.1 Å². The average Bonchev–Trinajstić information content (AvgIpc) is 3.37. The summed E-state index contributed by atoms with van der Waals surface area (Å²) in [6, 6.07) is 17.5. The lowest BCUT2D eigenvalue weighted by Crippen LogP contribution is -2.28. The van der Waals surface area contributed by atoms with Gasteiger partial charge in [-0.1, -0.05) is 42.1 Å². The molecule has 1 aliphatic heterocycles. The number of nitrogens with zero attached hydrogens (tertiary/aromatic N) is 2. The summed E-state index contributed by atoms with van der Waals surface area (Å²) >= 11 is 3.03. The van der Waals surface area contributed by atoms with Gasteiger partial charge in [0.1, 0.15) is 18.2 Å². The molecule has 162 valence electrons. The van der Waals surface area contributed by atoms with Crippen molar-refractivity contribution in [1.82, 2.24) is 15.3 Å². The maximum Gasteiger partial charge on any atom is 0.230 e. The smallest absolute Gasteiger partial charge is 0.230 e. The molecule has 0 saturated carbocycles. The fraction of sp³-hybridized carbons (Fsp3) is 0.208. The van der Waals surface area contributed by atoms with E-state index in [1.54, 1.807) is 11.3 Å². The zero-order valence-corrected chi connectivity index (χ0v) is 19.0. The number of thioether (sulfide) groups is 1. The van der Waals surface area contributed by atoms with E-state index >= 15 is 0 Å². The Morgan fingerprint density at radius 2 is 1.94 bits per heavy atom. The topological polar surface area (TPSA) is 73.3 Å². The molecule has 1 aliphatic rings. The summed E-state index contributed by atoms with van der Waals surface area (Å²) in [5, 5.41) is 6.83. The summed E-state index contributed by atoms with van der Waals surface area (Å²) in [5.41, 5.74) is 1.85. The molecule has 4 aromatic rings. The number of rotatable bonds is 6. The van der Waals surface area contributed by atoms with Crippen LogP contribution in [0.3, 0.4) is 0 Å². The molecular weight excluding hydrogens is 442 g/mol. The second-order valence-electron chi connectivity index (χ2n) is 7.33. The van der Waals surface area contributed by atoms with E-state index in [0.717, 1.165) is 37.9 Å². The van der Waals surface area contributed by atoms with E-state index in [0.29, 0.717) is 19.0 Å². The number of nitrogens with one attached hydrogen (secondary N) is 1. The highest BCUT2D eigenvalue weighted by Gasteiger charge is 2.17. The zero-order chi connectivity index (χ0) is 21.9. The number of carbonyl (C=O) groups is 1. The highest BCUT2D eigenvalue weighted by molar-refractivity contribution is 8.00. The molecule has 8 heteroatoms. The lowest BCUT2D eigenvalue weighted by atomic mass is 10.1. The molecule has 6 nitrogen and oxygen atoms in total. The second-order valence-corrected chi connectivity index (χ2v) is 9.24. The molecule has 0 fully saturated rings. The normalized spacial score (nSPS) is 13.7. The highest BCUT2D eigenvalue weighted by Crippen LogP contribution is 2.33. The van der Waals surface area contributed by atoms with E-state index in [1.807, 2.05) is 66.9 Å². The number of ether oxygens (including phenoxy) is 2. The summed E-state index contributed by atoms with van der Waals surface area (Å²) in [7, 11) is 0. The van der Waals surface area contributed by atoms with Crippen LogP contribution in [0.4, 0.5) is 0 Å². The number of fused-ring (bicyclic) bond motifs is 2. The molecule has 0 unspecified atom stereocenters. The van der Waals surface area contributed by atoms with Crippen molar-refractivity contribution in [1.29, 1.82) is 0 Å². The molecule has 0 radical (unpaired) electrons. The number of aromatic nitrogens is 2. The van der Waals surface area contributed by atoms with E-state index in [9.17, 15) is 4.79 Å². The van der Waals surface area contributed by atoms with Crippen molar-refractivity contribution in [3.8, 4) is 22.2 Å². The minimum Gasteiger partial charge on any atom is -0.486 e. The van der Waals surface area contributed by atoms with Gasteiger partial charge in [0.25, 0.3) is 0 Å². The molecule has 1 amide bonds. The van der Waals surface area contributed by atoms with Crippen LogP contribution in [-0.4, -0.2) is 34.8 Å². The third-order valence-corrected chi connectivity index (χ3v) is 6.95. The number of thiophene rings is 1. The molecule has 0 spiro atoms. The molecular formula is C24H21N3O3S2. The van der Waals surface area contributed by atoms with E-state index < -0.39 is 0 Å². The average molecular weight is 464 g/mol. The van der Waals surface area contributed by atoms with Crippen LogP contribution in [0.15, 0.2) is 65.0 Å². The van der Waals surface area contributed by atoms with Gasteiger partial charge in [-0.2, -0.15) is 0 Å². The van der Waals surface area contributed by atoms with Crippen molar-refractivity contribution in [3.63, 3.8) is 0 Å². The van der Waals surface area contributed by atoms with Gasteiger partial charge in [0, 0.05) is 5.39 Å². The maximum atomic E-state index is 12.7.